The van der Waals surface area contributed by atoms with Crippen LogP contribution in [0.1, 0.15) is 41.9 Å². The van der Waals surface area contributed by atoms with Crippen LogP contribution in [0, 0.1) is 39.0 Å². The van der Waals surface area contributed by atoms with Gasteiger partial charge in [-0.1, -0.05) is 19.9 Å². The lowest BCUT2D eigenvalue weighted by molar-refractivity contribution is -0.114. The standard InChI is InChI=1S/C23H25N5OS/c1-12(2)22-26-28-20(24)19(21(29)25-23(28)30-22)11-17-10-15(5)27(16(17)6)18-8-13(3)7-14(4)9-18/h7-12,24H,1-6H3/b19-11-,24-20?. The maximum Gasteiger partial charge on any atom is 0.283 e. The molecule has 0 atom stereocenters. The van der Waals surface area contributed by atoms with Crippen LogP contribution in [0.25, 0.3) is 11.8 Å². The molecule has 0 unspecified atom stereocenters. The van der Waals surface area contributed by atoms with Gasteiger partial charge in [0, 0.05) is 23.0 Å². The molecule has 3 heterocycles. The summed E-state index contributed by atoms with van der Waals surface area (Å²) in [5, 5.41) is 15.8. The zero-order valence-corrected chi connectivity index (χ0v) is 18.9. The lowest BCUT2D eigenvalue weighted by Gasteiger charge is -2.20. The fourth-order valence-corrected chi connectivity index (χ4v) is 4.70. The molecule has 0 radical (unpaired) electrons. The van der Waals surface area contributed by atoms with Crippen LogP contribution in [0.5, 0.6) is 0 Å². The number of amidine groups is 2. The largest absolute Gasteiger partial charge is 0.318 e. The topological polar surface area (TPSA) is 73.8 Å². The summed E-state index contributed by atoms with van der Waals surface area (Å²) in [6.07, 6.45) is 1.76. The van der Waals surface area contributed by atoms with Crippen molar-refractivity contribution in [3.63, 3.8) is 0 Å². The Kier molecular flexibility index (Phi) is 5.02. The first kappa shape index (κ1) is 20.3. The fraction of sp³-hybridized carbons (Fsp3) is 0.304. The summed E-state index contributed by atoms with van der Waals surface area (Å²) in [5.74, 6) is -0.102. The van der Waals surface area contributed by atoms with E-state index in [0.717, 1.165) is 27.7 Å². The molecule has 0 saturated carbocycles. The normalized spacial score (nSPS) is 17.7. The Labute approximate surface area is 180 Å². The van der Waals surface area contributed by atoms with E-state index in [2.05, 4.69) is 46.7 Å². The number of aromatic nitrogens is 1. The van der Waals surface area contributed by atoms with E-state index in [-0.39, 0.29) is 17.3 Å². The summed E-state index contributed by atoms with van der Waals surface area (Å²) in [6.45, 7) is 12.3. The van der Waals surface area contributed by atoms with E-state index in [1.54, 1.807) is 6.08 Å². The van der Waals surface area contributed by atoms with Gasteiger partial charge in [0.15, 0.2) is 5.84 Å². The van der Waals surface area contributed by atoms with Crippen molar-refractivity contribution in [2.75, 3.05) is 0 Å². The molecule has 7 heteroatoms. The zero-order valence-electron chi connectivity index (χ0n) is 18.1. The molecule has 2 aromatic rings. The number of nitrogens with one attached hydrogen (secondary N) is 1. The van der Waals surface area contributed by atoms with Gasteiger partial charge in [-0.2, -0.15) is 15.1 Å². The molecule has 0 saturated heterocycles. The third kappa shape index (κ3) is 3.43. The predicted octanol–water partition coefficient (Wildman–Crippen LogP) is 4.99. The Morgan fingerprint density at radius 3 is 2.37 bits per heavy atom. The molecular formula is C23H25N5OS. The molecular weight excluding hydrogens is 394 g/mol. The third-order valence-electron chi connectivity index (χ3n) is 5.20. The molecule has 6 nitrogen and oxygen atoms in total. The van der Waals surface area contributed by atoms with Crippen LogP contribution < -0.4 is 0 Å². The van der Waals surface area contributed by atoms with Crippen molar-refractivity contribution >= 4 is 39.8 Å². The average Bonchev–Trinajstić information content (AvgIpc) is 3.19. The van der Waals surface area contributed by atoms with Gasteiger partial charge in [-0.15, -0.1) is 0 Å². The maximum atomic E-state index is 12.7. The third-order valence-corrected chi connectivity index (χ3v) is 6.41. The number of benzene rings is 1. The second-order valence-corrected chi connectivity index (χ2v) is 9.11. The highest BCUT2D eigenvalue weighted by Crippen LogP contribution is 2.31. The van der Waals surface area contributed by atoms with Crippen LogP contribution in [0.2, 0.25) is 0 Å². The molecule has 1 N–H and O–H groups in total. The Hall–Kier alpha value is -2.93. The molecule has 0 bridgehead atoms. The molecule has 0 aliphatic carbocycles. The summed E-state index contributed by atoms with van der Waals surface area (Å²) in [5.41, 5.74) is 6.75. The molecule has 154 valence electrons. The van der Waals surface area contributed by atoms with E-state index in [4.69, 9.17) is 5.41 Å². The molecule has 30 heavy (non-hydrogen) atoms. The number of amides is 1. The molecule has 1 amide bonds. The summed E-state index contributed by atoms with van der Waals surface area (Å²) in [7, 11) is 0. The van der Waals surface area contributed by atoms with E-state index in [9.17, 15) is 4.79 Å². The zero-order chi connectivity index (χ0) is 21.7. The molecule has 1 aromatic heterocycles. The highest BCUT2D eigenvalue weighted by Gasteiger charge is 2.36. The van der Waals surface area contributed by atoms with Gasteiger partial charge in [0.25, 0.3) is 5.91 Å². The van der Waals surface area contributed by atoms with Crippen molar-refractivity contribution in [2.24, 2.45) is 16.0 Å². The maximum absolute atomic E-state index is 12.7. The first-order valence-corrected chi connectivity index (χ1v) is 10.7. The SMILES string of the molecule is Cc1cc(C)cc(-n2c(C)cc(/C=C3/C(=N)N4N=C(C(C)C)SC4=NC3=O)c2C)c1. The Bertz CT molecular complexity index is 1160. The monoisotopic (exact) mass is 419 g/mol. The van der Waals surface area contributed by atoms with Crippen LogP contribution in [0.4, 0.5) is 0 Å². The van der Waals surface area contributed by atoms with Crippen molar-refractivity contribution in [1.82, 2.24) is 9.58 Å². The molecule has 1 aromatic carbocycles. The molecule has 0 spiro atoms. The number of aryl methyl sites for hydroxylation is 3. The molecule has 0 fully saturated rings. The highest BCUT2D eigenvalue weighted by atomic mass is 32.2. The number of aliphatic imine (C=N–C) groups is 1. The summed E-state index contributed by atoms with van der Waals surface area (Å²) in [6, 6.07) is 8.50. The predicted molar refractivity (Wildman–Crippen MR) is 125 cm³/mol. The van der Waals surface area contributed by atoms with E-state index in [0.29, 0.717) is 5.17 Å². The Balaban J connectivity index is 1.76. The van der Waals surface area contributed by atoms with Crippen LogP contribution >= 0.6 is 11.8 Å². The molecule has 2 aliphatic heterocycles. The van der Waals surface area contributed by atoms with Crippen LogP contribution in [0.15, 0.2) is 39.9 Å². The number of nitrogens with zero attached hydrogens (tertiary/aromatic N) is 4. The number of hydrazone groups is 1. The quantitative estimate of drug-likeness (QED) is 0.713. The number of rotatable bonds is 3. The summed E-state index contributed by atoms with van der Waals surface area (Å²) in [4.78, 5) is 16.9. The lowest BCUT2D eigenvalue weighted by Crippen LogP contribution is -2.35. The van der Waals surface area contributed by atoms with E-state index >= 15 is 0 Å². The van der Waals surface area contributed by atoms with E-state index < -0.39 is 5.91 Å². The minimum atomic E-state index is -0.393. The van der Waals surface area contributed by atoms with E-state index in [1.165, 1.54) is 27.9 Å². The minimum absolute atomic E-state index is 0.0735. The summed E-state index contributed by atoms with van der Waals surface area (Å²) >= 11 is 1.36. The Morgan fingerprint density at radius 1 is 1.07 bits per heavy atom. The highest BCUT2D eigenvalue weighted by molar-refractivity contribution is 8.27. The van der Waals surface area contributed by atoms with Crippen molar-refractivity contribution in [2.45, 2.75) is 41.5 Å². The first-order chi connectivity index (χ1) is 14.2. The van der Waals surface area contributed by atoms with Gasteiger partial charge in [0.05, 0.1) is 5.57 Å². The van der Waals surface area contributed by atoms with Gasteiger partial charge in [-0.05, 0) is 80.4 Å². The van der Waals surface area contributed by atoms with Crippen molar-refractivity contribution in [1.29, 1.82) is 5.41 Å². The van der Waals surface area contributed by atoms with Crippen LogP contribution in [-0.4, -0.2) is 31.5 Å². The van der Waals surface area contributed by atoms with Gasteiger partial charge in [0.2, 0.25) is 5.17 Å². The average molecular weight is 420 g/mol. The first-order valence-electron chi connectivity index (χ1n) is 9.93. The van der Waals surface area contributed by atoms with Gasteiger partial charge in [-0.25, -0.2) is 0 Å². The van der Waals surface area contributed by atoms with Crippen LogP contribution in [-0.2, 0) is 4.79 Å². The number of fused-ring (bicyclic) bond motifs is 1. The minimum Gasteiger partial charge on any atom is -0.318 e. The van der Waals surface area contributed by atoms with Gasteiger partial charge >= 0.3 is 0 Å². The second kappa shape index (κ2) is 7.40. The number of carbonyl (C=O) groups is 1. The Morgan fingerprint density at radius 2 is 1.73 bits per heavy atom. The second-order valence-electron chi connectivity index (χ2n) is 8.12. The number of thioether (sulfide) groups is 1. The van der Waals surface area contributed by atoms with E-state index in [1.807, 2.05) is 33.8 Å². The lowest BCUT2D eigenvalue weighted by atomic mass is 10.1. The molecule has 2 aliphatic rings. The van der Waals surface area contributed by atoms with Gasteiger partial charge in [-0.3, -0.25) is 10.2 Å². The number of carbonyl (C=O) groups excluding carboxylic acids is 1. The number of hydrogen-bond donors (Lipinski definition) is 1. The van der Waals surface area contributed by atoms with Gasteiger partial charge in [0.1, 0.15) is 5.04 Å². The van der Waals surface area contributed by atoms with Crippen molar-refractivity contribution < 1.29 is 4.79 Å². The van der Waals surface area contributed by atoms with Crippen LogP contribution in [0.3, 0.4) is 0 Å². The smallest absolute Gasteiger partial charge is 0.283 e. The fourth-order valence-electron chi connectivity index (χ4n) is 3.81. The van der Waals surface area contributed by atoms with Crippen molar-refractivity contribution in [3.05, 3.63) is 57.9 Å². The van der Waals surface area contributed by atoms with Gasteiger partial charge < -0.3 is 4.57 Å². The summed E-state index contributed by atoms with van der Waals surface area (Å²) < 4.78 is 2.18. The molecule has 4 rings (SSSR count). The van der Waals surface area contributed by atoms with Crippen molar-refractivity contribution in [3.8, 4) is 5.69 Å². The number of hydrogen-bond acceptors (Lipinski definition) is 4.